The predicted octanol–water partition coefficient (Wildman–Crippen LogP) is 4.67. The van der Waals surface area contributed by atoms with Crippen molar-refractivity contribution in [3.8, 4) is 0 Å². The Morgan fingerprint density at radius 1 is 1.33 bits per heavy atom. The van der Waals surface area contributed by atoms with Crippen molar-refractivity contribution >= 4 is 26.2 Å². The Morgan fingerprint density at radius 3 is 2.44 bits per heavy atom. The minimum atomic E-state index is -1.79. The molecule has 0 aliphatic heterocycles. The second-order valence-electron chi connectivity index (χ2n) is 6.02. The molecule has 0 fully saturated rings. The molecule has 0 atom stereocenters. The lowest BCUT2D eigenvalue weighted by atomic mass is 10.1. The number of halogens is 1. The second kappa shape index (κ2) is 5.55. The van der Waals surface area contributed by atoms with Gasteiger partial charge in [-0.15, -0.1) is 0 Å². The van der Waals surface area contributed by atoms with Gasteiger partial charge in [0.1, 0.15) is 6.29 Å². The van der Waals surface area contributed by atoms with Gasteiger partial charge < -0.3 is 4.43 Å². The number of benzene rings is 1. The Balaban J connectivity index is 2.83. The van der Waals surface area contributed by atoms with Crippen molar-refractivity contribution in [1.82, 2.24) is 0 Å². The monoisotopic (exact) mass is 284 g/mol. The van der Waals surface area contributed by atoms with E-state index in [1.54, 1.807) is 18.2 Å². The van der Waals surface area contributed by atoms with Crippen LogP contribution >= 0.6 is 11.6 Å². The normalized spacial score (nSPS) is 12.6. The van der Waals surface area contributed by atoms with Crippen molar-refractivity contribution in [2.75, 3.05) is 0 Å². The van der Waals surface area contributed by atoms with Crippen LogP contribution in [0.15, 0.2) is 18.2 Å². The van der Waals surface area contributed by atoms with E-state index >= 15 is 0 Å². The third-order valence-corrected chi connectivity index (χ3v) is 8.45. The summed E-state index contributed by atoms with van der Waals surface area (Å²) in [4.78, 5) is 10.8. The fraction of sp³-hybridized carbons (Fsp3) is 0.500. The molecule has 0 aliphatic carbocycles. The zero-order chi connectivity index (χ0) is 14.0. The van der Waals surface area contributed by atoms with Crippen molar-refractivity contribution in [3.05, 3.63) is 34.3 Å². The molecule has 0 heterocycles. The van der Waals surface area contributed by atoms with Gasteiger partial charge in [-0.1, -0.05) is 38.4 Å². The van der Waals surface area contributed by atoms with Crippen LogP contribution in [0.3, 0.4) is 0 Å². The molecule has 0 saturated heterocycles. The van der Waals surface area contributed by atoms with Crippen molar-refractivity contribution in [3.63, 3.8) is 0 Å². The van der Waals surface area contributed by atoms with E-state index < -0.39 is 8.32 Å². The summed E-state index contributed by atoms with van der Waals surface area (Å²) in [7, 11) is -1.79. The molecule has 4 heteroatoms. The summed E-state index contributed by atoms with van der Waals surface area (Å²) in [6.07, 6.45) is 0.826. The highest BCUT2D eigenvalue weighted by Gasteiger charge is 2.37. The molecule has 1 aromatic rings. The molecule has 1 aromatic carbocycles. The Labute approximate surface area is 115 Å². The van der Waals surface area contributed by atoms with Gasteiger partial charge in [0.15, 0.2) is 8.32 Å². The quantitative estimate of drug-likeness (QED) is 0.593. The van der Waals surface area contributed by atoms with Gasteiger partial charge >= 0.3 is 0 Å². The number of aldehydes is 1. The first-order chi connectivity index (χ1) is 8.17. The Morgan fingerprint density at radius 2 is 1.94 bits per heavy atom. The number of hydrogen-bond donors (Lipinski definition) is 0. The van der Waals surface area contributed by atoms with Gasteiger partial charge in [0.25, 0.3) is 0 Å². The molecule has 18 heavy (non-hydrogen) atoms. The molecular formula is C14H21ClO2Si. The third-order valence-electron chi connectivity index (χ3n) is 3.60. The first kappa shape index (κ1) is 15.4. The van der Waals surface area contributed by atoms with E-state index in [4.69, 9.17) is 16.0 Å². The lowest BCUT2D eigenvalue weighted by Crippen LogP contribution is -2.40. The van der Waals surface area contributed by atoms with Crippen molar-refractivity contribution in [2.24, 2.45) is 0 Å². The van der Waals surface area contributed by atoms with Crippen molar-refractivity contribution < 1.29 is 9.22 Å². The van der Waals surface area contributed by atoms with Crippen LogP contribution in [0.2, 0.25) is 23.2 Å². The van der Waals surface area contributed by atoms with Gasteiger partial charge in [-0.25, -0.2) is 0 Å². The lowest BCUT2D eigenvalue weighted by Gasteiger charge is -2.36. The summed E-state index contributed by atoms with van der Waals surface area (Å²) in [6.45, 7) is 11.5. The molecule has 0 bridgehead atoms. The molecule has 0 N–H and O–H groups in total. The number of rotatable bonds is 4. The van der Waals surface area contributed by atoms with Crippen LogP contribution in [0, 0.1) is 0 Å². The van der Waals surface area contributed by atoms with Gasteiger partial charge in [0, 0.05) is 10.6 Å². The average molecular weight is 285 g/mol. The van der Waals surface area contributed by atoms with E-state index in [1.807, 2.05) is 0 Å². The fourth-order valence-electron chi connectivity index (χ4n) is 1.25. The molecule has 0 saturated carbocycles. The van der Waals surface area contributed by atoms with Crippen LogP contribution in [-0.4, -0.2) is 14.6 Å². The van der Waals surface area contributed by atoms with Crippen molar-refractivity contribution in [2.45, 2.75) is 45.5 Å². The maximum Gasteiger partial charge on any atom is 0.192 e. The molecule has 100 valence electrons. The third kappa shape index (κ3) is 3.67. The van der Waals surface area contributed by atoms with Crippen LogP contribution in [0.5, 0.6) is 0 Å². The van der Waals surface area contributed by atoms with E-state index in [9.17, 15) is 4.79 Å². The maximum absolute atomic E-state index is 10.8. The first-order valence-electron chi connectivity index (χ1n) is 6.05. The average Bonchev–Trinajstić information content (AvgIpc) is 2.26. The molecule has 0 unspecified atom stereocenters. The molecule has 0 aliphatic rings. The van der Waals surface area contributed by atoms with Crippen LogP contribution in [0.25, 0.3) is 0 Å². The predicted molar refractivity (Wildman–Crippen MR) is 78.8 cm³/mol. The number of carbonyl (C=O) groups is 1. The van der Waals surface area contributed by atoms with Gasteiger partial charge in [-0.05, 0) is 35.8 Å². The number of hydrogen-bond acceptors (Lipinski definition) is 2. The molecule has 0 amide bonds. The summed E-state index contributed by atoms with van der Waals surface area (Å²) < 4.78 is 6.10. The Bertz CT molecular complexity index is 436. The first-order valence-corrected chi connectivity index (χ1v) is 9.33. The zero-order valence-corrected chi connectivity index (χ0v) is 13.5. The molecular weight excluding hydrogens is 264 g/mol. The van der Waals surface area contributed by atoms with Crippen LogP contribution < -0.4 is 0 Å². The summed E-state index contributed by atoms with van der Waals surface area (Å²) in [5.74, 6) is 0. The van der Waals surface area contributed by atoms with Crippen LogP contribution in [-0.2, 0) is 11.0 Å². The molecule has 0 radical (unpaired) electrons. The summed E-state index contributed by atoms with van der Waals surface area (Å²) in [5.41, 5.74) is 1.51. The van der Waals surface area contributed by atoms with Crippen molar-refractivity contribution in [1.29, 1.82) is 0 Å². The standard InChI is InChI=1S/C14H21ClO2Si/c1-14(2,3)18(4,5)17-10-12-8-11(9-16)6-7-13(12)15/h6-9H,10H2,1-5H3. The van der Waals surface area contributed by atoms with E-state index in [-0.39, 0.29) is 5.04 Å². The largest absolute Gasteiger partial charge is 0.413 e. The van der Waals surface area contributed by atoms with Crippen LogP contribution in [0.1, 0.15) is 36.7 Å². The Kier molecular flexibility index (Phi) is 4.76. The number of carbonyl (C=O) groups excluding carboxylic acids is 1. The summed E-state index contributed by atoms with van der Waals surface area (Å²) in [5, 5.41) is 0.821. The smallest absolute Gasteiger partial charge is 0.192 e. The van der Waals surface area contributed by atoms with Crippen LogP contribution in [0.4, 0.5) is 0 Å². The van der Waals surface area contributed by atoms with Gasteiger partial charge in [0.05, 0.1) is 6.61 Å². The fourth-order valence-corrected chi connectivity index (χ4v) is 2.37. The zero-order valence-electron chi connectivity index (χ0n) is 11.7. The SMILES string of the molecule is CC(C)(C)[Si](C)(C)OCc1cc(C=O)ccc1Cl. The second-order valence-corrected chi connectivity index (χ2v) is 11.2. The summed E-state index contributed by atoms with van der Waals surface area (Å²) >= 11 is 6.12. The molecule has 0 spiro atoms. The van der Waals surface area contributed by atoms with Gasteiger partial charge in [-0.2, -0.15) is 0 Å². The van der Waals surface area contributed by atoms with Gasteiger partial charge in [-0.3, -0.25) is 4.79 Å². The minimum absolute atomic E-state index is 0.168. The van der Waals surface area contributed by atoms with E-state index in [2.05, 4.69) is 33.9 Å². The molecule has 0 aromatic heterocycles. The topological polar surface area (TPSA) is 26.3 Å². The maximum atomic E-state index is 10.8. The summed E-state index contributed by atoms with van der Waals surface area (Å²) in [6, 6.07) is 5.25. The highest BCUT2D eigenvalue weighted by molar-refractivity contribution is 6.74. The highest BCUT2D eigenvalue weighted by Crippen LogP contribution is 2.37. The Hall–Kier alpha value is -0.643. The lowest BCUT2D eigenvalue weighted by molar-refractivity contribution is 0.112. The highest BCUT2D eigenvalue weighted by atomic mass is 35.5. The molecule has 1 rings (SSSR count). The van der Waals surface area contributed by atoms with E-state index in [0.717, 1.165) is 11.8 Å². The minimum Gasteiger partial charge on any atom is -0.413 e. The van der Waals surface area contributed by atoms with Gasteiger partial charge in [0.2, 0.25) is 0 Å². The van der Waals surface area contributed by atoms with E-state index in [1.165, 1.54) is 0 Å². The van der Waals surface area contributed by atoms with E-state index in [0.29, 0.717) is 17.2 Å². The molecule has 2 nitrogen and oxygen atoms in total.